The molecule has 0 amide bonds. The molecule has 180 valence electrons. The summed E-state index contributed by atoms with van der Waals surface area (Å²) in [5, 5.41) is 0. The standard InChI is InChI=1S/C26H52NO2.BrH/c1-6-8-9-10-11-12-13-14-15-16-17-18-19-20-21-22-25(3)27(4,5)23-24-29-26(28)7-2;/h7,25H,2,6,8-24H2,1,3-5H3;1H/q+1;/p-1. The molecule has 0 aromatic rings. The molecule has 0 aromatic heterocycles. The van der Waals surface area contributed by atoms with E-state index in [1.165, 1.54) is 109 Å². The third-order valence-electron chi connectivity index (χ3n) is 6.50. The maximum Gasteiger partial charge on any atom is 0.330 e. The van der Waals surface area contributed by atoms with Crippen molar-refractivity contribution in [3.63, 3.8) is 0 Å². The summed E-state index contributed by atoms with van der Waals surface area (Å²) in [6.45, 7) is 9.37. The first-order valence-corrected chi connectivity index (χ1v) is 12.6. The van der Waals surface area contributed by atoms with Crippen LogP contribution < -0.4 is 17.0 Å². The van der Waals surface area contributed by atoms with Crippen molar-refractivity contribution in [3.05, 3.63) is 12.7 Å². The molecule has 0 aliphatic carbocycles. The van der Waals surface area contributed by atoms with Crippen LogP contribution in [-0.2, 0) is 9.53 Å². The van der Waals surface area contributed by atoms with Gasteiger partial charge in [0.1, 0.15) is 13.2 Å². The van der Waals surface area contributed by atoms with E-state index in [1.54, 1.807) is 0 Å². The predicted molar refractivity (Wildman–Crippen MR) is 127 cm³/mol. The summed E-state index contributed by atoms with van der Waals surface area (Å²) in [4.78, 5) is 11.1. The Morgan fingerprint density at radius 3 is 1.63 bits per heavy atom. The quantitative estimate of drug-likeness (QED) is 0.103. The molecular formula is C26H52BrNO2. The fourth-order valence-corrected chi connectivity index (χ4v) is 3.82. The molecule has 0 rings (SSSR count). The van der Waals surface area contributed by atoms with Gasteiger partial charge in [0.2, 0.25) is 0 Å². The molecule has 0 radical (unpaired) electrons. The number of hydrogen-bond acceptors (Lipinski definition) is 2. The Morgan fingerprint density at radius 1 is 0.833 bits per heavy atom. The van der Waals surface area contributed by atoms with Crippen molar-refractivity contribution in [3.8, 4) is 0 Å². The second-order valence-electron chi connectivity index (χ2n) is 9.46. The highest BCUT2D eigenvalue weighted by Crippen LogP contribution is 2.17. The molecule has 1 unspecified atom stereocenters. The van der Waals surface area contributed by atoms with Crippen molar-refractivity contribution in [1.29, 1.82) is 0 Å². The summed E-state index contributed by atoms with van der Waals surface area (Å²) in [6, 6.07) is 0.597. The molecule has 0 aliphatic rings. The van der Waals surface area contributed by atoms with E-state index in [4.69, 9.17) is 4.74 Å². The van der Waals surface area contributed by atoms with Gasteiger partial charge in [-0.2, -0.15) is 0 Å². The van der Waals surface area contributed by atoms with Gasteiger partial charge in [0.25, 0.3) is 0 Å². The van der Waals surface area contributed by atoms with Gasteiger partial charge in [-0.05, 0) is 19.8 Å². The second kappa shape index (κ2) is 21.9. The highest BCUT2D eigenvalue weighted by molar-refractivity contribution is 5.81. The number of halogens is 1. The Morgan fingerprint density at radius 2 is 1.23 bits per heavy atom. The van der Waals surface area contributed by atoms with Crippen molar-refractivity contribution < 1.29 is 31.0 Å². The lowest BCUT2D eigenvalue weighted by molar-refractivity contribution is -0.913. The van der Waals surface area contributed by atoms with E-state index in [-0.39, 0.29) is 23.0 Å². The number of hydrogen-bond donors (Lipinski definition) is 0. The number of likely N-dealkylation sites (N-methyl/N-ethyl adjacent to an activating group) is 1. The van der Waals surface area contributed by atoms with Crippen LogP contribution in [-0.4, -0.2) is 43.7 Å². The molecule has 0 aromatic carbocycles. The van der Waals surface area contributed by atoms with Crippen LogP contribution in [0.25, 0.3) is 0 Å². The monoisotopic (exact) mass is 489 g/mol. The zero-order valence-corrected chi connectivity index (χ0v) is 22.3. The second-order valence-corrected chi connectivity index (χ2v) is 9.46. The summed E-state index contributed by atoms with van der Waals surface area (Å²) >= 11 is 0. The first kappa shape index (κ1) is 31.8. The van der Waals surface area contributed by atoms with Gasteiger partial charge in [0.15, 0.2) is 0 Å². The lowest BCUT2D eigenvalue weighted by Crippen LogP contribution is -3.00. The zero-order valence-electron chi connectivity index (χ0n) is 20.7. The van der Waals surface area contributed by atoms with E-state index in [0.29, 0.717) is 12.6 Å². The van der Waals surface area contributed by atoms with E-state index in [9.17, 15) is 4.79 Å². The Kier molecular flexibility index (Phi) is 23.2. The van der Waals surface area contributed by atoms with Crippen LogP contribution in [0.3, 0.4) is 0 Å². The fraction of sp³-hybridized carbons (Fsp3) is 0.885. The van der Waals surface area contributed by atoms with E-state index in [2.05, 4.69) is 34.5 Å². The van der Waals surface area contributed by atoms with Gasteiger partial charge in [-0.1, -0.05) is 103 Å². The SMILES string of the molecule is C=CC(=O)OCC[N+](C)(C)C(C)CCCCCCCCCCCCCCCCC.[Br-]. The van der Waals surface area contributed by atoms with Gasteiger partial charge >= 0.3 is 5.97 Å². The number of rotatable bonds is 21. The third-order valence-corrected chi connectivity index (χ3v) is 6.50. The summed E-state index contributed by atoms with van der Waals surface area (Å²) in [6.07, 6.45) is 23.7. The molecule has 0 spiro atoms. The smallest absolute Gasteiger partial charge is 0.330 e. The molecule has 4 heteroatoms. The molecule has 0 saturated carbocycles. The molecule has 3 nitrogen and oxygen atoms in total. The van der Waals surface area contributed by atoms with E-state index in [1.807, 2.05) is 0 Å². The molecule has 0 N–H and O–H groups in total. The highest BCUT2D eigenvalue weighted by atomic mass is 79.9. The zero-order chi connectivity index (χ0) is 21.8. The van der Waals surface area contributed by atoms with E-state index >= 15 is 0 Å². The average Bonchev–Trinajstić information content (AvgIpc) is 2.70. The topological polar surface area (TPSA) is 26.3 Å². The lowest BCUT2D eigenvalue weighted by atomic mass is 10.0. The molecule has 0 aliphatic heterocycles. The Labute approximate surface area is 199 Å². The van der Waals surface area contributed by atoms with Gasteiger partial charge in [-0.15, -0.1) is 0 Å². The highest BCUT2D eigenvalue weighted by Gasteiger charge is 2.23. The Bertz CT molecular complexity index is 398. The fourth-order valence-electron chi connectivity index (χ4n) is 3.82. The van der Waals surface area contributed by atoms with Crippen LogP contribution >= 0.6 is 0 Å². The van der Waals surface area contributed by atoms with E-state index < -0.39 is 0 Å². The minimum atomic E-state index is -0.319. The molecule has 0 saturated heterocycles. The molecule has 0 bridgehead atoms. The third kappa shape index (κ3) is 19.6. The van der Waals surface area contributed by atoms with Crippen molar-refractivity contribution in [2.45, 2.75) is 123 Å². The summed E-state index contributed by atoms with van der Waals surface area (Å²) < 4.78 is 6.04. The van der Waals surface area contributed by atoms with Gasteiger partial charge in [0.05, 0.1) is 20.1 Å². The predicted octanol–water partition coefficient (Wildman–Crippen LogP) is 4.45. The normalized spacial score (nSPS) is 12.3. The number of ether oxygens (including phenoxy) is 1. The minimum Gasteiger partial charge on any atom is -1.00 e. The summed E-state index contributed by atoms with van der Waals surface area (Å²) in [5.74, 6) is -0.319. The van der Waals surface area contributed by atoms with Crippen molar-refractivity contribution >= 4 is 5.97 Å². The van der Waals surface area contributed by atoms with Gasteiger partial charge < -0.3 is 26.2 Å². The average molecular weight is 491 g/mol. The Balaban J connectivity index is 0. The number of carbonyl (C=O) groups is 1. The maximum absolute atomic E-state index is 11.1. The molecular weight excluding hydrogens is 438 g/mol. The number of quaternary nitrogens is 1. The number of unbranched alkanes of at least 4 members (excludes halogenated alkanes) is 14. The van der Waals surface area contributed by atoms with E-state index in [0.717, 1.165) is 11.0 Å². The van der Waals surface area contributed by atoms with Gasteiger partial charge in [-0.25, -0.2) is 4.79 Å². The number of carbonyl (C=O) groups excluding carboxylic acids is 1. The van der Waals surface area contributed by atoms with Crippen LogP contribution in [0.2, 0.25) is 0 Å². The van der Waals surface area contributed by atoms with Crippen molar-refractivity contribution in [1.82, 2.24) is 0 Å². The van der Waals surface area contributed by atoms with Gasteiger partial charge in [-0.3, -0.25) is 0 Å². The van der Waals surface area contributed by atoms with Crippen molar-refractivity contribution in [2.24, 2.45) is 0 Å². The molecule has 0 heterocycles. The Hall–Kier alpha value is -0.350. The summed E-state index contributed by atoms with van der Waals surface area (Å²) in [5.41, 5.74) is 0. The number of nitrogens with zero attached hydrogens (tertiary/aromatic N) is 1. The first-order chi connectivity index (χ1) is 13.9. The molecule has 1 atom stereocenters. The summed E-state index contributed by atoms with van der Waals surface area (Å²) in [7, 11) is 4.47. The van der Waals surface area contributed by atoms with Crippen LogP contribution in [0.4, 0.5) is 0 Å². The lowest BCUT2D eigenvalue weighted by Gasteiger charge is -2.36. The van der Waals surface area contributed by atoms with Crippen LogP contribution in [0.1, 0.15) is 117 Å². The van der Waals surface area contributed by atoms with Crippen LogP contribution in [0, 0.1) is 0 Å². The van der Waals surface area contributed by atoms with Crippen LogP contribution in [0.15, 0.2) is 12.7 Å². The largest absolute Gasteiger partial charge is 1.00 e. The molecule has 30 heavy (non-hydrogen) atoms. The maximum atomic E-state index is 11.1. The van der Waals surface area contributed by atoms with Crippen LogP contribution in [0.5, 0.6) is 0 Å². The van der Waals surface area contributed by atoms with Gasteiger partial charge in [0, 0.05) is 6.08 Å². The molecule has 0 fully saturated rings. The number of esters is 1. The minimum absolute atomic E-state index is 0. The van der Waals surface area contributed by atoms with Crippen molar-refractivity contribution in [2.75, 3.05) is 27.2 Å². The first-order valence-electron chi connectivity index (χ1n) is 12.6.